The van der Waals surface area contributed by atoms with Crippen LogP contribution in [-0.2, 0) is 0 Å². The molecule has 2 nitrogen and oxygen atoms in total. The first-order chi connectivity index (χ1) is 7.20. The van der Waals surface area contributed by atoms with Gasteiger partial charge in [0.05, 0.1) is 5.02 Å². The molecule has 0 N–H and O–H groups in total. The Morgan fingerprint density at radius 1 is 1.07 bits per heavy atom. The molecule has 0 aliphatic rings. The molecule has 0 aliphatic carbocycles. The van der Waals surface area contributed by atoms with Crippen LogP contribution in [0.2, 0.25) is 10.2 Å². The fraction of sp³-hybridized carbons (Fsp3) is 0. The largest absolute Gasteiger partial charge is 0.251 e. The Hall–Kier alpha value is -1.19. The van der Waals surface area contributed by atoms with Crippen molar-refractivity contribution in [2.45, 2.75) is 0 Å². The van der Waals surface area contributed by atoms with Crippen LogP contribution >= 0.6 is 23.2 Å². The maximum Gasteiger partial charge on any atom is 0.155 e. The zero-order chi connectivity index (χ0) is 10.8. The second kappa shape index (κ2) is 4.13. The van der Waals surface area contributed by atoms with Crippen molar-refractivity contribution in [3.8, 4) is 11.3 Å². The van der Waals surface area contributed by atoms with E-state index in [0.29, 0.717) is 5.69 Å². The summed E-state index contributed by atoms with van der Waals surface area (Å²) in [6, 6.07) is 4.65. The van der Waals surface area contributed by atoms with Gasteiger partial charge >= 0.3 is 0 Å². The van der Waals surface area contributed by atoms with Crippen molar-refractivity contribution in [2.24, 2.45) is 0 Å². The maximum absolute atomic E-state index is 13.6. The summed E-state index contributed by atoms with van der Waals surface area (Å²) in [5.74, 6) is -0.540. The molecule has 0 radical (unpaired) electrons. The fourth-order valence-corrected chi connectivity index (χ4v) is 1.57. The molecule has 76 valence electrons. The lowest BCUT2D eigenvalue weighted by Crippen LogP contribution is -1.91. The molecule has 5 heteroatoms. The molecule has 1 heterocycles. The molecule has 2 aromatic rings. The highest BCUT2D eigenvalue weighted by atomic mass is 35.5. The second-order valence-corrected chi connectivity index (χ2v) is 3.56. The van der Waals surface area contributed by atoms with Gasteiger partial charge in [-0.15, -0.1) is 0 Å². The number of benzene rings is 1. The highest BCUT2D eigenvalue weighted by molar-refractivity contribution is 6.32. The first-order valence-corrected chi connectivity index (χ1v) is 4.86. The van der Waals surface area contributed by atoms with E-state index >= 15 is 0 Å². The van der Waals surface area contributed by atoms with Crippen molar-refractivity contribution < 1.29 is 4.39 Å². The lowest BCUT2D eigenvalue weighted by molar-refractivity contribution is 0.631. The number of hydrogen-bond acceptors (Lipinski definition) is 2. The Labute approximate surface area is 95.7 Å². The van der Waals surface area contributed by atoms with Crippen LogP contribution in [0.15, 0.2) is 30.6 Å². The average molecular weight is 243 g/mol. The first-order valence-electron chi connectivity index (χ1n) is 4.11. The quantitative estimate of drug-likeness (QED) is 0.764. The van der Waals surface area contributed by atoms with Gasteiger partial charge in [-0.05, 0) is 12.1 Å². The Bertz CT molecular complexity index is 503. The Morgan fingerprint density at radius 2 is 1.80 bits per heavy atom. The summed E-state index contributed by atoms with van der Waals surface area (Å²) >= 11 is 11.4. The van der Waals surface area contributed by atoms with Gasteiger partial charge in [0, 0.05) is 18.0 Å². The molecule has 15 heavy (non-hydrogen) atoms. The fourth-order valence-electron chi connectivity index (χ4n) is 1.19. The summed E-state index contributed by atoms with van der Waals surface area (Å²) in [5, 5.41) is 0.188. The van der Waals surface area contributed by atoms with Gasteiger partial charge in [-0.25, -0.2) is 9.37 Å². The topological polar surface area (TPSA) is 25.8 Å². The van der Waals surface area contributed by atoms with Crippen molar-refractivity contribution in [2.75, 3.05) is 0 Å². The SMILES string of the molecule is Fc1c(Cl)cccc1-c1nccnc1Cl. The third-order valence-corrected chi connectivity index (χ3v) is 2.43. The van der Waals surface area contributed by atoms with Crippen molar-refractivity contribution in [3.63, 3.8) is 0 Å². The van der Waals surface area contributed by atoms with Crippen LogP contribution in [0.3, 0.4) is 0 Å². The molecule has 0 spiro atoms. The molecule has 0 bridgehead atoms. The number of halogens is 3. The van der Waals surface area contributed by atoms with Crippen LogP contribution in [0, 0.1) is 5.82 Å². The van der Waals surface area contributed by atoms with Crippen molar-refractivity contribution >= 4 is 23.2 Å². The highest BCUT2D eigenvalue weighted by Crippen LogP contribution is 2.29. The Kier molecular flexibility index (Phi) is 2.84. The summed E-state index contributed by atoms with van der Waals surface area (Å²) in [4.78, 5) is 7.78. The minimum atomic E-state index is -0.540. The molecular formula is C10H5Cl2FN2. The normalized spacial score (nSPS) is 10.3. The zero-order valence-corrected chi connectivity index (χ0v) is 8.93. The molecule has 1 aromatic carbocycles. The Balaban J connectivity index is 2.65. The maximum atomic E-state index is 13.6. The van der Waals surface area contributed by atoms with Crippen LogP contribution in [0.25, 0.3) is 11.3 Å². The van der Waals surface area contributed by atoms with Gasteiger partial charge in [-0.2, -0.15) is 0 Å². The minimum Gasteiger partial charge on any atom is -0.251 e. The average Bonchev–Trinajstić information content (AvgIpc) is 2.23. The predicted molar refractivity (Wildman–Crippen MR) is 57.4 cm³/mol. The molecule has 0 saturated carbocycles. The summed E-state index contributed by atoms with van der Waals surface area (Å²) in [5.41, 5.74) is 0.541. The van der Waals surface area contributed by atoms with Crippen LogP contribution in [0.5, 0.6) is 0 Å². The standard InChI is InChI=1S/C10H5Cl2FN2/c11-7-3-1-2-6(8(7)13)9-10(12)15-5-4-14-9/h1-5H. The van der Waals surface area contributed by atoms with Crippen LogP contribution in [0.4, 0.5) is 4.39 Å². The van der Waals surface area contributed by atoms with Crippen molar-refractivity contribution in [1.82, 2.24) is 9.97 Å². The minimum absolute atomic E-state index is 0.0363. The third kappa shape index (κ3) is 1.94. The van der Waals surface area contributed by atoms with Gasteiger partial charge in [0.25, 0.3) is 0 Å². The van der Waals surface area contributed by atoms with Crippen LogP contribution < -0.4 is 0 Å². The van der Waals surface area contributed by atoms with Gasteiger partial charge in [-0.1, -0.05) is 29.3 Å². The van der Waals surface area contributed by atoms with E-state index in [1.165, 1.54) is 18.5 Å². The van der Waals surface area contributed by atoms with Crippen LogP contribution in [0.1, 0.15) is 0 Å². The number of rotatable bonds is 1. The highest BCUT2D eigenvalue weighted by Gasteiger charge is 2.12. The molecule has 0 unspecified atom stereocenters. The van der Waals surface area contributed by atoms with E-state index in [2.05, 4.69) is 9.97 Å². The monoisotopic (exact) mass is 242 g/mol. The molecule has 0 atom stereocenters. The van der Waals surface area contributed by atoms with Crippen molar-refractivity contribution in [1.29, 1.82) is 0 Å². The summed E-state index contributed by atoms with van der Waals surface area (Å²) < 4.78 is 13.6. The van der Waals surface area contributed by atoms with Gasteiger partial charge in [0.15, 0.2) is 11.0 Å². The van der Waals surface area contributed by atoms with Gasteiger partial charge in [-0.3, -0.25) is 4.98 Å². The lowest BCUT2D eigenvalue weighted by Gasteiger charge is -2.04. The van der Waals surface area contributed by atoms with Crippen molar-refractivity contribution in [3.05, 3.63) is 46.6 Å². The predicted octanol–water partition coefficient (Wildman–Crippen LogP) is 3.59. The number of aromatic nitrogens is 2. The first kappa shape index (κ1) is 10.3. The van der Waals surface area contributed by atoms with E-state index in [-0.39, 0.29) is 15.7 Å². The van der Waals surface area contributed by atoms with E-state index in [9.17, 15) is 4.39 Å². The van der Waals surface area contributed by atoms with E-state index < -0.39 is 5.82 Å². The van der Waals surface area contributed by atoms with E-state index in [1.54, 1.807) is 12.1 Å². The Morgan fingerprint density at radius 3 is 2.53 bits per heavy atom. The molecule has 1 aromatic heterocycles. The van der Waals surface area contributed by atoms with Gasteiger partial charge in [0.1, 0.15) is 5.69 Å². The zero-order valence-electron chi connectivity index (χ0n) is 7.42. The number of hydrogen-bond donors (Lipinski definition) is 0. The smallest absolute Gasteiger partial charge is 0.155 e. The second-order valence-electron chi connectivity index (χ2n) is 2.80. The van der Waals surface area contributed by atoms with Crippen LogP contribution in [-0.4, -0.2) is 9.97 Å². The molecule has 0 amide bonds. The van der Waals surface area contributed by atoms with E-state index in [4.69, 9.17) is 23.2 Å². The summed E-state index contributed by atoms with van der Waals surface area (Å²) in [6.45, 7) is 0. The summed E-state index contributed by atoms with van der Waals surface area (Å²) in [6.07, 6.45) is 2.88. The van der Waals surface area contributed by atoms with E-state index in [1.807, 2.05) is 0 Å². The van der Waals surface area contributed by atoms with E-state index in [0.717, 1.165) is 0 Å². The molecule has 2 rings (SSSR count). The molecule has 0 fully saturated rings. The summed E-state index contributed by atoms with van der Waals surface area (Å²) in [7, 11) is 0. The number of nitrogens with zero attached hydrogens (tertiary/aromatic N) is 2. The molecule has 0 aliphatic heterocycles. The lowest BCUT2D eigenvalue weighted by atomic mass is 10.1. The third-order valence-electron chi connectivity index (χ3n) is 1.86. The molecule has 0 saturated heterocycles. The van der Waals surface area contributed by atoms with Gasteiger partial charge < -0.3 is 0 Å². The molecular weight excluding hydrogens is 238 g/mol. The van der Waals surface area contributed by atoms with Gasteiger partial charge in [0.2, 0.25) is 0 Å².